The molecule has 0 bridgehead atoms. The quantitative estimate of drug-likeness (QED) is 0.171. The molecule has 1 N–H and O–H groups in total. The molecule has 0 rings (SSSR count). The molecule has 3 heteroatoms. The summed E-state index contributed by atoms with van der Waals surface area (Å²) in [6.45, 7) is 6.68. The van der Waals surface area contributed by atoms with Crippen molar-refractivity contribution in [2.45, 2.75) is 136 Å². The summed E-state index contributed by atoms with van der Waals surface area (Å²) in [5.74, 6) is 0. The first kappa shape index (κ1) is 27.9. The third kappa shape index (κ3) is 22.2. The maximum atomic E-state index is 9.43. The largest absolute Gasteiger partial charge is 0.394 e. The first-order valence-electron chi connectivity index (χ1n) is 12.6. The van der Waals surface area contributed by atoms with E-state index in [4.69, 9.17) is 9.47 Å². The minimum atomic E-state index is -0.146. The van der Waals surface area contributed by atoms with Gasteiger partial charge in [-0.1, -0.05) is 117 Å². The summed E-state index contributed by atoms with van der Waals surface area (Å²) in [7, 11) is 0. The number of hydrogen-bond donors (Lipinski definition) is 1. The smallest absolute Gasteiger partial charge is 0.104 e. The number of aliphatic hydroxyl groups is 1. The van der Waals surface area contributed by atoms with Crippen LogP contribution >= 0.6 is 0 Å². The predicted octanol–water partition coefficient (Wildman–Crippen LogP) is 7.44. The molecule has 0 saturated carbocycles. The molecule has 0 saturated heterocycles. The van der Waals surface area contributed by atoms with E-state index >= 15 is 0 Å². The Balaban J connectivity index is 3.27. The van der Waals surface area contributed by atoms with Gasteiger partial charge in [0.1, 0.15) is 6.10 Å². The zero-order valence-corrected chi connectivity index (χ0v) is 19.4. The second-order valence-electron chi connectivity index (χ2n) is 8.41. The van der Waals surface area contributed by atoms with Crippen molar-refractivity contribution < 1.29 is 14.6 Å². The second kappa shape index (κ2) is 24.9. The molecule has 0 unspecified atom stereocenters. The molecule has 0 radical (unpaired) electrons. The van der Waals surface area contributed by atoms with Gasteiger partial charge in [0.25, 0.3) is 0 Å². The van der Waals surface area contributed by atoms with Crippen molar-refractivity contribution in [1.82, 2.24) is 0 Å². The van der Waals surface area contributed by atoms with Gasteiger partial charge >= 0.3 is 0 Å². The van der Waals surface area contributed by atoms with Gasteiger partial charge in [-0.25, -0.2) is 0 Å². The molecule has 1 atom stereocenters. The van der Waals surface area contributed by atoms with Crippen LogP contribution in [0.3, 0.4) is 0 Å². The molecule has 0 heterocycles. The Hall–Kier alpha value is -0.120. The third-order valence-corrected chi connectivity index (χ3v) is 5.50. The molecule has 0 aromatic rings. The van der Waals surface area contributed by atoms with Crippen molar-refractivity contribution in [3.63, 3.8) is 0 Å². The molecule has 0 aromatic heterocycles. The van der Waals surface area contributed by atoms with E-state index in [-0.39, 0.29) is 12.7 Å². The molecular weight excluding hydrogens is 348 g/mol. The van der Waals surface area contributed by atoms with Gasteiger partial charge in [0.15, 0.2) is 0 Å². The van der Waals surface area contributed by atoms with Gasteiger partial charge in [-0.3, -0.25) is 0 Å². The SMILES string of the molecule is CCCCCCCCCCCOC[C@H](CO)OCCCCCCCCCCC. The maximum Gasteiger partial charge on any atom is 0.104 e. The highest BCUT2D eigenvalue weighted by molar-refractivity contribution is 4.55. The molecule has 170 valence electrons. The first-order valence-corrected chi connectivity index (χ1v) is 12.6. The predicted molar refractivity (Wildman–Crippen MR) is 122 cm³/mol. The number of ether oxygens (including phenoxy) is 2. The molecule has 28 heavy (non-hydrogen) atoms. The van der Waals surface area contributed by atoms with Gasteiger partial charge in [-0.05, 0) is 12.8 Å². The van der Waals surface area contributed by atoms with Crippen LogP contribution in [-0.2, 0) is 9.47 Å². The van der Waals surface area contributed by atoms with Crippen molar-refractivity contribution in [3.8, 4) is 0 Å². The highest BCUT2D eigenvalue weighted by atomic mass is 16.5. The van der Waals surface area contributed by atoms with E-state index in [0.29, 0.717) is 6.61 Å². The van der Waals surface area contributed by atoms with E-state index in [9.17, 15) is 5.11 Å². The fourth-order valence-corrected chi connectivity index (χ4v) is 3.55. The van der Waals surface area contributed by atoms with E-state index in [1.807, 2.05) is 0 Å². The summed E-state index contributed by atoms with van der Waals surface area (Å²) in [5.41, 5.74) is 0. The van der Waals surface area contributed by atoms with Crippen LogP contribution in [-0.4, -0.2) is 37.6 Å². The van der Waals surface area contributed by atoms with Gasteiger partial charge in [0.2, 0.25) is 0 Å². The van der Waals surface area contributed by atoms with E-state index in [1.165, 1.54) is 103 Å². The Labute approximate surface area is 177 Å². The molecular formula is C25H52O3. The Kier molecular flexibility index (Phi) is 24.8. The topological polar surface area (TPSA) is 38.7 Å². The molecule has 0 aliphatic rings. The summed E-state index contributed by atoms with van der Waals surface area (Å²) in [4.78, 5) is 0. The number of unbranched alkanes of at least 4 members (excludes halogenated alkanes) is 16. The highest BCUT2D eigenvalue weighted by Gasteiger charge is 2.07. The van der Waals surface area contributed by atoms with Crippen LogP contribution in [0.15, 0.2) is 0 Å². The van der Waals surface area contributed by atoms with Gasteiger partial charge in [-0.2, -0.15) is 0 Å². The molecule has 0 spiro atoms. The lowest BCUT2D eigenvalue weighted by Crippen LogP contribution is -2.24. The molecule has 3 nitrogen and oxygen atoms in total. The Morgan fingerprint density at radius 2 is 0.929 bits per heavy atom. The molecule has 0 fully saturated rings. The Morgan fingerprint density at radius 1 is 0.536 bits per heavy atom. The summed E-state index contributed by atoms with van der Waals surface area (Å²) < 4.78 is 11.5. The monoisotopic (exact) mass is 400 g/mol. The fraction of sp³-hybridized carbons (Fsp3) is 1.00. The first-order chi connectivity index (χ1) is 13.8. The summed E-state index contributed by atoms with van der Waals surface area (Å²) in [6, 6.07) is 0. The average molecular weight is 401 g/mol. The maximum absolute atomic E-state index is 9.43. The highest BCUT2D eigenvalue weighted by Crippen LogP contribution is 2.11. The van der Waals surface area contributed by atoms with Crippen molar-refractivity contribution in [1.29, 1.82) is 0 Å². The standard InChI is InChI=1S/C25H52O3/c1-3-5-7-9-11-13-15-17-19-21-27-24-25(23-26)28-22-20-18-16-14-12-10-8-6-4-2/h25-26H,3-24H2,1-2H3/t25-/m0/s1. The van der Waals surface area contributed by atoms with E-state index in [1.54, 1.807) is 0 Å². The van der Waals surface area contributed by atoms with Crippen LogP contribution in [0.2, 0.25) is 0 Å². The average Bonchev–Trinajstić information content (AvgIpc) is 2.71. The van der Waals surface area contributed by atoms with Crippen LogP contribution < -0.4 is 0 Å². The van der Waals surface area contributed by atoms with Crippen LogP contribution in [0, 0.1) is 0 Å². The molecule has 0 amide bonds. The fourth-order valence-electron chi connectivity index (χ4n) is 3.55. The van der Waals surface area contributed by atoms with Crippen molar-refractivity contribution in [3.05, 3.63) is 0 Å². The lowest BCUT2D eigenvalue weighted by Gasteiger charge is -2.15. The molecule has 0 aromatic carbocycles. The summed E-state index contributed by atoms with van der Waals surface area (Å²) in [6.07, 6.45) is 23.8. The van der Waals surface area contributed by atoms with Gasteiger partial charge < -0.3 is 14.6 Å². The zero-order valence-electron chi connectivity index (χ0n) is 19.4. The van der Waals surface area contributed by atoms with Crippen LogP contribution in [0.1, 0.15) is 129 Å². The molecule has 0 aliphatic carbocycles. The van der Waals surface area contributed by atoms with E-state index in [2.05, 4.69) is 13.8 Å². The minimum Gasteiger partial charge on any atom is -0.394 e. The van der Waals surface area contributed by atoms with Crippen LogP contribution in [0.25, 0.3) is 0 Å². The number of hydrogen-bond acceptors (Lipinski definition) is 3. The summed E-state index contributed by atoms with van der Waals surface area (Å²) >= 11 is 0. The summed E-state index contributed by atoms with van der Waals surface area (Å²) in [5, 5.41) is 9.43. The third-order valence-electron chi connectivity index (χ3n) is 5.50. The van der Waals surface area contributed by atoms with Gasteiger partial charge in [0, 0.05) is 13.2 Å². The number of aliphatic hydroxyl groups excluding tert-OH is 1. The van der Waals surface area contributed by atoms with E-state index in [0.717, 1.165) is 26.1 Å². The van der Waals surface area contributed by atoms with Crippen LogP contribution in [0.4, 0.5) is 0 Å². The van der Waals surface area contributed by atoms with Crippen molar-refractivity contribution in [2.75, 3.05) is 26.4 Å². The minimum absolute atomic E-state index is 0.0647. The van der Waals surface area contributed by atoms with Gasteiger partial charge in [0.05, 0.1) is 13.2 Å². The number of rotatable bonds is 24. The van der Waals surface area contributed by atoms with Crippen molar-refractivity contribution in [2.24, 2.45) is 0 Å². The Bertz CT molecular complexity index is 271. The van der Waals surface area contributed by atoms with Crippen molar-refractivity contribution >= 4 is 0 Å². The zero-order chi connectivity index (χ0) is 20.5. The molecule has 0 aliphatic heterocycles. The second-order valence-corrected chi connectivity index (χ2v) is 8.41. The van der Waals surface area contributed by atoms with Gasteiger partial charge in [-0.15, -0.1) is 0 Å². The van der Waals surface area contributed by atoms with E-state index < -0.39 is 0 Å². The normalized spacial score (nSPS) is 12.5. The lowest BCUT2D eigenvalue weighted by molar-refractivity contribution is -0.0437. The Morgan fingerprint density at radius 3 is 1.36 bits per heavy atom. The van der Waals surface area contributed by atoms with Crippen LogP contribution in [0.5, 0.6) is 0 Å². The lowest BCUT2D eigenvalue weighted by atomic mass is 10.1.